The van der Waals surface area contributed by atoms with Gasteiger partial charge in [0.05, 0.1) is 6.07 Å². The first-order chi connectivity index (χ1) is 10.9. The highest BCUT2D eigenvalue weighted by Gasteiger charge is 2.43. The molecule has 1 amide bonds. The van der Waals surface area contributed by atoms with E-state index in [1.165, 1.54) is 0 Å². The van der Waals surface area contributed by atoms with Crippen LogP contribution in [0.5, 0.6) is 5.75 Å². The number of nitriles is 1. The average Bonchev–Trinajstić information content (AvgIpc) is 3.37. The summed E-state index contributed by atoms with van der Waals surface area (Å²) in [6, 6.07) is 9.09. The van der Waals surface area contributed by atoms with E-state index < -0.39 is 24.0 Å². The van der Waals surface area contributed by atoms with Crippen LogP contribution in [0.2, 0.25) is 0 Å². The Morgan fingerprint density at radius 3 is 2.57 bits per heavy atom. The predicted octanol–water partition coefficient (Wildman–Crippen LogP) is 2.18. The SMILES string of the molecule is C[C@](C#N)(NC(=O)COC(=O)COc1ccc(Br)cc1)C1CC1. The second-order valence-electron chi connectivity index (χ2n) is 5.54. The molecule has 0 spiro atoms. The van der Waals surface area contributed by atoms with E-state index >= 15 is 0 Å². The standard InChI is InChI=1S/C16H17BrN2O4/c1-16(10-18,11-2-3-11)19-14(20)8-23-15(21)9-22-13-6-4-12(17)5-7-13/h4-7,11H,2-3,8-9H2,1H3,(H,19,20)/t16-/m1/s1. The normalized spacial score (nSPS) is 15.9. The molecule has 0 bridgehead atoms. The van der Waals surface area contributed by atoms with Gasteiger partial charge in [-0.1, -0.05) is 15.9 Å². The third-order valence-corrected chi connectivity index (χ3v) is 4.09. The number of ether oxygens (including phenoxy) is 2. The van der Waals surface area contributed by atoms with Crippen molar-refractivity contribution in [2.45, 2.75) is 25.3 Å². The van der Waals surface area contributed by atoms with Gasteiger partial charge in [0.2, 0.25) is 0 Å². The molecule has 23 heavy (non-hydrogen) atoms. The first-order valence-corrected chi connectivity index (χ1v) is 7.98. The summed E-state index contributed by atoms with van der Waals surface area (Å²) in [6.45, 7) is 0.973. The number of amides is 1. The maximum Gasteiger partial charge on any atom is 0.344 e. The van der Waals surface area contributed by atoms with Crippen LogP contribution in [-0.4, -0.2) is 30.6 Å². The van der Waals surface area contributed by atoms with Gasteiger partial charge >= 0.3 is 5.97 Å². The topological polar surface area (TPSA) is 88.4 Å². The van der Waals surface area contributed by atoms with Crippen LogP contribution in [0.25, 0.3) is 0 Å². The van der Waals surface area contributed by atoms with Gasteiger partial charge in [-0.25, -0.2) is 4.79 Å². The van der Waals surface area contributed by atoms with Gasteiger partial charge in [-0.05, 0) is 49.9 Å². The summed E-state index contributed by atoms with van der Waals surface area (Å²) in [5, 5.41) is 11.8. The maximum atomic E-state index is 11.8. The number of halogens is 1. The minimum Gasteiger partial charge on any atom is -0.482 e. The van der Waals surface area contributed by atoms with E-state index in [1.807, 2.05) is 0 Å². The first-order valence-electron chi connectivity index (χ1n) is 7.19. The van der Waals surface area contributed by atoms with E-state index in [-0.39, 0.29) is 12.5 Å². The lowest BCUT2D eigenvalue weighted by molar-refractivity contribution is -0.150. The first kappa shape index (κ1) is 17.3. The molecule has 1 fully saturated rings. The lowest BCUT2D eigenvalue weighted by atomic mass is 9.98. The van der Waals surface area contributed by atoms with Gasteiger partial charge in [-0.3, -0.25) is 4.79 Å². The van der Waals surface area contributed by atoms with E-state index in [2.05, 4.69) is 27.3 Å². The van der Waals surface area contributed by atoms with Gasteiger partial charge in [0.25, 0.3) is 5.91 Å². The Morgan fingerprint density at radius 1 is 1.35 bits per heavy atom. The lowest BCUT2D eigenvalue weighted by Gasteiger charge is -2.22. The van der Waals surface area contributed by atoms with Crippen LogP contribution in [0.3, 0.4) is 0 Å². The summed E-state index contributed by atoms with van der Waals surface area (Å²) in [6.07, 6.45) is 1.84. The second-order valence-corrected chi connectivity index (χ2v) is 6.46. The molecule has 0 saturated heterocycles. The van der Waals surface area contributed by atoms with Gasteiger partial charge in [0, 0.05) is 4.47 Å². The average molecular weight is 381 g/mol. The quantitative estimate of drug-likeness (QED) is 0.732. The van der Waals surface area contributed by atoms with Crippen LogP contribution in [0, 0.1) is 17.2 Å². The number of carbonyl (C=O) groups excluding carboxylic acids is 2. The second kappa shape index (κ2) is 7.47. The summed E-state index contributed by atoms with van der Waals surface area (Å²) in [5.41, 5.74) is -0.891. The Bertz CT molecular complexity index is 622. The van der Waals surface area contributed by atoms with Crippen LogP contribution >= 0.6 is 15.9 Å². The Balaban J connectivity index is 1.70. The van der Waals surface area contributed by atoms with E-state index in [0.29, 0.717) is 5.75 Å². The van der Waals surface area contributed by atoms with Crippen molar-refractivity contribution < 1.29 is 19.1 Å². The molecule has 0 aromatic heterocycles. The zero-order chi connectivity index (χ0) is 16.9. The third-order valence-electron chi connectivity index (χ3n) is 3.56. The number of hydrogen-bond donors (Lipinski definition) is 1. The van der Waals surface area contributed by atoms with Crippen LogP contribution in [0.4, 0.5) is 0 Å². The fraction of sp³-hybridized carbons (Fsp3) is 0.438. The van der Waals surface area contributed by atoms with Crippen molar-refractivity contribution in [3.05, 3.63) is 28.7 Å². The Morgan fingerprint density at radius 2 is 2.00 bits per heavy atom. The predicted molar refractivity (Wildman–Crippen MR) is 85.5 cm³/mol. The number of carbonyl (C=O) groups is 2. The molecular formula is C16H17BrN2O4. The van der Waals surface area contributed by atoms with Crippen molar-refractivity contribution in [3.8, 4) is 11.8 Å². The van der Waals surface area contributed by atoms with E-state index in [0.717, 1.165) is 17.3 Å². The molecule has 2 rings (SSSR count). The summed E-state index contributed by atoms with van der Waals surface area (Å²) in [5.74, 6) is -0.431. The molecule has 0 unspecified atom stereocenters. The third kappa shape index (κ3) is 5.25. The number of hydrogen-bond acceptors (Lipinski definition) is 5. The van der Waals surface area contributed by atoms with Crippen molar-refractivity contribution >= 4 is 27.8 Å². The summed E-state index contributed by atoms with van der Waals surface area (Å²) >= 11 is 3.30. The molecule has 0 aliphatic heterocycles. The largest absolute Gasteiger partial charge is 0.482 e. The van der Waals surface area contributed by atoms with Crippen molar-refractivity contribution in [2.24, 2.45) is 5.92 Å². The summed E-state index contributed by atoms with van der Waals surface area (Å²) in [4.78, 5) is 23.3. The van der Waals surface area contributed by atoms with Gasteiger partial charge < -0.3 is 14.8 Å². The maximum absolute atomic E-state index is 11.8. The molecule has 0 radical (unpaired) electrons. The number of rotatable bonds is 7. The van der Waals surface area contributed by atoms with Crippen molar-refractivity contribution in [1.29, 1.82) is 5.26 Å². The minimum atomic E-state index is -0.891. The Hall–Kier alpha value is -2.07. The van der Waals surface area contributed by atoms with Gasteiger partial charge in [0.1, 0.15) is 11.3 Å². The number of nitrogens with one attached hydrogen (secondary N) is 1. The molecule has 0 heterocycles. The molecule has 1 aliphatic rings. The number of nitrogens with zero attached hydrogens (tertiary/aromatic N) is 1. The van der Waals surface area contributed by atoms with Gasteiger partial charge in [0.15, 0.2) is 13.2 Å². The van der Waals surface area contributed by atoms with E-state index in [1.54, 1.807) is 31.2 Å². The van der Waals surface area contributed by atoms with Crippen LogP contribution in [-0.2, 0) is 14.3 Å². The fourth-order valence-corrected chi connectivity index (χ4v) is 2.33. The monoisotopic (exact) mass is 380 g/mol. The van der Waals surface area contributed by atoms with Crippen molar-refractivity contribution in [1.82, 2.24) is 5.32 Å². The number of esters is 1. The van der Waals surface area contributed by atoms with Gasteiger partial charge in [-0.2, -0.15) is 5.26 Å². The highest BCUT2D eigenvalue weighted by molar-refractivity contribution is 9.10. The zero-order valence-electron chi connectivity index (χ0n) is 12.7. The molecule has 1 N–H and O–H groups in total. The minimum absolute atomic E-state index is 0.174. The molecule has 1 aromatic carbocycles. The molecule has 1 saturated carbocycles. The van der Waals surface area contributed by atoms with Crippen LogP contribution < -0.4 is 10.1 Å². The van der Waals surface area contributed by atoms with Crippen molar-refractivity contribution in [2.75, 3.05) is 13.2 Å². The molecular weight excluding hydrogens is 364 g/mol. The Kier molecular flexibility index (Phi) is 5.61. The molecule has 122 valence electrons. The molecule has 7 heteroatoms. The smallest absolute Gasteiger partial charge is 0.344 e. The summed E-state index contributed by atoms with van der Waals surface area (Å²) < 4.78 is 11.0. The van der Waals surface area contributed by atoms with Crippen molar-refractivity contribution in [3.63, 3.8) is 0 Å². The highest BCUT2D eigenvalue weighted by Crippen LogP contribution is 2.39. The molecule has 1 aromatic rings. The van der Waals surface area contributed by atoms with Crippen LogP contribution in [0.1, 0.15) is 19.8 Å². The fourth-order valence-electron chi connectivity index (χ4n) is 2.07. The number of benzene rings is 1. The Labute approximate surface area is 142 Å². The molecule has 1 aliphatic carbocycles. The molecule has 6 nitrogen and oxygen atoms in total. The van der Waals surface area contributed by atoms with Gasteiger partial charge in [-0.15, -0.1) is 0 Å². The zero-order valence-corrected chi connectivity index (χ0v) is 14.3. The highest BCUT2D eigenvalue weighted by atomic mass is 79.9. The lowest BCUT2D eigenvalue weighted by Crippen LogP contribution is -2.48. The summed E-state index contributed by atoms with van der Waals surface area (Å²) in [7, 11) is 0. The van der Waals surface area contributed by atoms with E-state index in [9.17, 15) is 9.59 Å². The van der Waals surface area contributed by atoms with Crippen LogP contribution in [0.15, 0.2) is 28.7 Å². The van der Waals surface area contributed by atoms with E-state index in [4.69, 9.17) is 14.7 Å². The molecule has 1 atom stereocenters.